The van der Waals surface area contributed by atoms with Crippen LogP contribution in [0.25, 0.3) is 0 Å². The Hall–Kier alpha value is -3.14. The number of aryl methyl sites for hydroxylation is 1. The molecule has 4 nitrogen and oxygen atoms in total. The Morgan fingerprint density at radius 2 is 1.04 bits per heavy atom. The lowest BCUT2D eigenvalue weighted by molar-refractivity contribution is 0.404. The van der Waals surface area contributed by atoms with Crippen LogP contribution in [0, 0.1) is 6.92 Å². The average molecular weight is 336 g/mol. The van der Waals surface area contributed by atoms with Crippen LogP contribution in [0.1, 0.15) is 5.56 Å². The molecule has 0 fully saturated rings. The van der Waals surface area contributed by atoms with Crippen LogP contribution in [0.2, 0.25) is 0 Å². The summed E-state index contributed by atoms with van der Waals surface area (Å²) in [6.45, 7) is 1.99. The number of hydrogen-bond donors (Lipinski definition) is 0. The highest BCUT2D eigenvalue weighted by molar-refractivity contribution is 5.50. The van der Waals surface area contributed by atoms with Gasteiger partial charge in [-0.15, -0.1) is 0 Å². The standard InChI is InChI=1S/C21H20O4/c1-15-5-4-6-20(24-18-11-7-16(22-2)8-12-18)21(15)25-19-13-9-17(23-3)10-14-19/h4-14H,1-3H3. The summed E-state index contributed by atoms with van der Waals surface area (Å²) in [7, 11) is 3.27. The molecule has 0 unspecified atom stereocenters. The second-order valence-electron chi connectivity index (χ2n) is 5.46. The highest BCUT2D eigenvalue weighted by atomic mass is 16.5. The van der Waals surface area contributed by atoms with Gasteiger partial charge in [-0.3, -0.25) is 0 Å². The second-order valence-corrected chi connectivity index (χ2v) is 5.46. The molecule has 0 aromatic heterocycles. The molecule has 0 aliphatic rings. The number of methoxy groups -OCH3 is 2. The van der Waals surface area contributed by atoms with E-state index >= 15 is 0 Å². The van der Waals surface area contributed by atoms with Gasteiger partial charge in [0.25, 0.3) is 0 Å². The van der Waals surface area contributed by atoms with Crippen molar-refractivity contribution in [3.8, 4) is 34.5 Å². The molecule has 0 spiro atoms. The molecule has 0 N–H and O–H groups in total. The maximum atomic E-state index is 6.05. The highest BCUT2D eigenvalue weighted by Crippen LogP contribution is 2.38. The summed E-state index contributed by atoms with van der Waals surface area (Å²) in [5.74, 6) is 4.34. The van der Waals surface area contributed by atoms with E-state index < -0.39 is 0 Å². The summed E-state index contributed by atoms with van der Waals surface area (Å²) in [4.78, 5) is 0. The van der Waals surface area contributed by atoms with Gasteiger partial charge in [0.05, 0.1) is 14.2 Å². The van der Waals surface area contributed by atoms with E-state index in [1.807, 2.05) is 73.7 Å². The fraction of sp³-hybridized carbons (Fsp3) is 0.143. The minimum Gasteiger partial charge on any atom is -0.497 e. The molecule has 0 radical (unpaired) electrons. The number of para-hydroxylation sites is 1. The van der Waals surface area contributed by atoms with E-state index in [-0.39, 0.29) is 0 Å². The van der Waals surface area contributed by atoms with Crippen molar-refractivity contribution in [2.24, 2.45) is 0 Å². The van der Waals surface area contributed by atoms with Crippen LogP contribution in [0.4, 0.5) is 0 Å². The van der Waals surface area contributed by atoms with E-state index in [2.05, 4.69) is 0 Å². The molecule has 0 aliphatic heterocycles. The number of ether oxygens (including phenoxy) is 4. The van der Waals surface area contributed by atoms with Gasteiger partial charge >= 0.3 is 0 Å². The molecule has 0 saturated heterocycles. The van der Waals surface area contributed by atoms with E-state index in [4.69, 9.17) is 18.9 Å². The molecule has 4 heteroatoms. The first-order valence-corrected chi connectivity index (χ1v) is 7.93. The van der Waals surface area contributed by atoms with Crippen LogP contribution in [0.5, 0.6) is 34.5 Å². The molecule has 25 heavy (non-hydrogen) atoms. The van der Waals surface area contributed by atoms with Gasteiger partial charge < -0.3 is 18.9 Å². The summed E-state index contributed by atoms with van der Waals surface area (Å²) >= 11 is 0. The Kier molecular flexibility index (Phi) is 5.09. The van der Waals surface area contributed by atoms with Crippen LogP contribution in [-0.4, -0.2) is 14.2 Å². The first kappa shape index (κ1) is 16.7. The Balaban J connectivity index is 1.85. The Morgan fingerprint density at radius 3 is 1.56 bits per heavy atom. The maximum Gasteiger partial charge on any atom is 0.172 e. The highest BCUT2D eigenvalue weighted by Gasteiger charge is 2.11. The zero-order valence-corrected chi connectivity index (χ0v) is 14.5. The van der Waals surface area contributed by atoms with E-state index in [0.717, 1.165) is 22.8 Å². The van der Waals surface area contributed by atoms with E-state index in [9.17, 15) is 0 Å². The summed E-state index contributed by atoms with van der Waals surface area (Å²) in [5.41, 5.74) is 0.988. The predicted octanol–water partition coefficient (Wildman–Crippen LogP) is 5.60. The molecule has 128 valence electrons. The Labute approximate surface area is 147 Å². The van der Waals surface area contributed by atoms with Crippen molar-refractivity contribution in [1.82, 2.24) is 0 Å². The van der Waals surface area contributed by atoms with Gasteiger partial charge in [-0.25, -0.2) is 0 Å². The lowest BCUT2D eigenvalue weighted by Crippen LogP contribution is -1.93. The summed E-state index contributed by atoms with van der Waals surface area (Å²) in [6, 6.07) is 20.7. The van der Waals surface area contributed by atoms with Crippen LogP contribution in [0.3, 0.4) is 0 Å². The van der Waals surface area contributed by atoms with Crippen molar-refractivity contribution < 1.29 is 18.9 Å². The summed E-state index contributed by atoms with van der Waals surface area (Å²) < 4.78 is 22.4. The summed E-state index contributed by atoms with van der Waals surface area (Å²) in [6.07, 6.45) is 0. The molecule has 0 bridgehead atoms. The van der Waals surface area contributed by atoms with Crippen molar-refractivity contribution in [2.75, 3.05) is 14.2 Å². The number of rotatable bonds is 6. The first-order valence-electron chi connectivity index (χ1n) is 7.93. The largest absolute Gasteiger partial charge is 0.497 e. The Bertz CT molecular complexity index is 824. The zero-order valence-electron chi connectivity index (χ0n) is 14.5. The smallest absolute Gasteiger partial charge is 0.172 e. The third kappa shape index (κ3) is 4.04. The minimum absolute atomic E-state index is 0.654. The van der Waals surface area contributed by atoms with Crippen molar-refractivity contribution in [3.63, 3.8) is 0 Å². The van der Waals surface area contributed by atoms with Gasteiger partial charge in [-0.1, -0.05) is 12.1 Å². The molecule has 3 rings (SSSR count). The second kappa shape index (κ2) is 7.62. The van der Waals surface area contributed by atoms with Crippen LogP contribution in [-0.2, 0) is 0 Å². The normalized spacial score (nSPS) is 10.2. The monoisotopic (exact) mass is 336 g/mol. The molecule has 3 aromatic carbocycles. The van der Waals surface area contributed by atoms with Gasteiger partial charge in [-0.2, -0.15) is 0 Å². The van der Waals surface area contributed by atoms with Gasteiger partial charge in [0.2, 0.25) is 0 Å². The van der Waals surface area contributed by atoms with E-state index in [1.54, 1.807) is 14.2 Å². The van der Waals surface area contributed by atoms with Gasteiger partial charge in [0.15, 0.2) is 11.5 Å². The van der Waals surface area contributed by atoms with Crippen molar-refractivity contribution in [1.29, 1.82) is 0 Å². The van der Waals surface area contributed by atoms with Crippen molar-refractivity contribution in [2.45, 2.75) is 6.92 Å². The average Bonchev–Trinajstić information content (AvgIpc) is 2.66. The Morgan fingerprint density at radius 1 is 0.560 bits per heavy atom. The van der Waals surface area contributed by atoms with Crippen molar-refractivity contribution >= 4 is 0 Å². The molecule has 0 saturated carbocycles. The topological polar surface area (TPSA) is 36.9 Å². The molecular formula is C21H20O4. The molecule has 0 atom stereocenters. The quantitative estimate of drug-likeness (QED) is 0.587. The fourth-order valence-corrected chi connectivity index (χ4v) is 2.37. The fourth-order valence-electron chi connectivity index (χ4n) is 2.37. The minimum atomic E-state index is 0.654. The molecule has 0 amide bonds. The van der Waals surface area contributed by atoms with Gasteiger partial charge in [-0.05, 0) is 67.1 Å². The first-order chi connectivity index (χ1) is 12.2. The molecule has 3 aromatic rings. The van der Waals surface area contributed by atoms with Gasteiger partial charge in [0, 0.05) is 0 Å². The van der Waals surface area contributed by atoms with Crippen LogP contribution < -0.4 is 18.9 Å². The lowest BCUT2D eigenvalue weighted by Gasteiger charge is -2.15. The van der Waals surface area contributed by atoms with Crippen LogP contribution >= 0.6 is 0 Å². The van der Waals surface area contributed by atoms with Crippen LogP contribution in [0.15, 0.2) is 66.7 Å². The predicted molar refractivity (Wildman–Crippen MR) is 97.3 cm³/mol. The summed E-state index contributed by atoms with van der Waals surface area (Å²) in [5, 5.41) is 0. The van der Waals surface area contributed by atoms with E-state index in [1.165, 1.54) is 0 Å². The third-order valence-corrected chi connectivity index (χ3v) is 3.74. The van der Waals surface area contributed by atoms with Crippen molar-refractivity contribution in [3.05, 3.63) is 72.3 Å². The maximum absolute atomic E-state index is 6.05. The number of hydrogen-bond acceptors (Lipinski definition) is 4. The number of benzene rings is 3. The molecular weight excluding hydrogens is 316 g/mol. The van der Waals surface area contributed by atoms with Gasteiger partial charge in [0.1, 0.15) is 23.0 Å². The third-order valence-electron chi connectivity index (χ3n) is 3.74. The zero-order chi connectivity index (χ0) is 17.6. The lowest BCUT2D eigenvalue weighted by atomic mass is 10.2. The van der Waals surface area contributed by atoms with E-state index in [0.29, 0.717) is 17.2 Å². The molecule has 0 aliphatic carbocycles. The SMILES string of the molecule is COc1ccc(Oc2cccc(C)c2Oc2ccc(OC)cc2)cc1. The molecule has 0 heterocycles.